The molecule has 0 heterocycles. The Balaban J connectivity index is 1.75. The molecule has 2 rings (SSSR count). The molecular formula is C14H27N3O. The SMILES string of the molecule is CC1CC1CN(C)CCC(C)(NC1CC1)C(N)=O. The third-order valence-corrected chi connectivity index (χ3v) is 4.46. The van der Waals surface area contributed by atoms with Gasteiger partial charge in [-0.3, -0.25) is 4.79 Å². The van der Waals surface area contributed by atoms with E-state index in [4.69, 9.17) is 5.73 Å². The number of carbonyl (C=O) groups is 1. The predicted octanol–water partition coefficient (Wildman–Crippen LogP) is 0.960. The van der Waals surface area contributed by atoms with Crippen molar-refractivity contribution in [1.82, 2.24) is 10.2 Å². The largest absolute Gasteiger partial charge is 0.368 e. The quantitative estimate of drug-likeness (QED) is 0.677. The zero-order valence-electron chi connectivity index (χ0n) is 11.9. The number of primary amides is 1. The van der Waals surface area contributed by atoms with Gasteiger partial charge >= 0.3 is 0 Å². The molecule has 0 radical (unpaired) electrons. The highest BCUT2D eigenvalue weighted by atomic mass is 16.1. The molecule has 0 aromatic heterocycles. The Morgan fingerprint density at radius 2 is 2.11 bits per heavy atom. The fourth-order valence-electron chi connectivity index (χ4n) is 2.50. The van der Waals surface area contributed by atoms with Gasteiger partial charge in [-0.05, 0) is 51.5 Å². The number of nitrogens with one attached hydrogen (secondary N) is 1. The lowest BCUT2D eigenvalue weighted by molar-refractivity contribution is -0.124. The van der Waals surface area contributed by atoms with Crippen LogP contribution in [-0.4, -0.2) is 42.5 Å². The maximum Gasteiger partial charge on any atom is 0.237 e. The Morgan fingerprint density at radius 1 is 1.50 bits per heavy atom. The number of carbonyl (C=O) groups excluding carboxylic acids is 1. The molecule has 0 aromatic carbocycles. The van der Waals surface area contributed by atoms with Crippen LogP contribution in [-0.2, 0) is 4.79 Å². The average Bonchev–Trinajstić information content (AvgIpc) is 3.18. The van der Waals surface area contributed by atoms with Crippen LogP contribution in [0.25, 0.3) is 0 Å². The van der Waals surface area contributed by atoms with Crippen LogP contribution in [0.4, 0.5) is 0 Å². The average molecular weight is 253 g/mol. The lowest BCUT2D eigenvalue weighted by Crippen LogP contribution is -2.55. The van der Waals surface area contributed by atoms with Gasteiger partial charge in [0, 0.05) is 19.1 Å². The number of amides is 1. The third-order valence-electron chi connectivity index (χ3n) is 4.46. The maximum absolute atomic E-state index is 11.6. The highest BCUT2D eigenvalue weighted by Gasteiger charge is 2.37. The molecule has 3 atom stereocenters. The molecule has 0 saturated heterocycles. The molecule has 3 unspecified atom stereocenters. The van der Waals surface area contributed by atoms with Gasteiger partial charge in [-0.1, -0.05) is 6.92 Å². The van der Waals surface area contributed by atoms with Crippen molar-refractivity contribution >= 4 is 5.91 Å². The number of nitrogens with two attached hydrogens (primary N) is 1. The van der Waals surface area contributed by atoms with E-state index in [2.05, 4.69) is 24.2 Å². The smallest absolute Gasteiger partial charge is 0.237 e. The second-order valence-corrected chi connectivity index (χ2v) is 6.60. The van der Waals surface area contributed by atoms with E-state index >= 15 is 0 Å². The molecule has 3 N–H and O–H groups in total. The second-order valence-electron chi connectivity index (χ2n) is 6.60. The first-order valence-electron chi connectivity index (χ1n) is 7.17. The molecule has 2 fully saturated rings. The standard InChI is InChI=1S/C14H27N3O/c1-10-8-11(10)9-17(3)7-6-14(2,13(15)18)16-12-4-5-12/h10-12,16H,4-9H2,1-3H3,(H2,15,18). The number of hydrogen-bond acceptors (Lipinski definition) is 3. The Morgan fingerprint density at radius 3 is 2.56 bits per heavy atom. The first kappa shape index (κ1) is 13.8. The van der Waals surface area contributed by atoms with Crippen LogP contribution in [0.1, 0.15) is 39.5 Å². The molecule has 4 heteroatoms. The molecule has 2 aliphatic rings. The Labute approximate surface area is 110 Å². The summed E-state index contributed by atoms with van der Waals surface area (Å²) >= 11 is 0. The Kier molecular flexibility index (Phi) is 3.97. The summed E-state index contributed by atoms with van der Waals surface area (Å²) in [6.45, 7) is 6.34. The van der Waals surface area contributed by atoms with Gasteiger partial charge < -0.3 is 16.0 Å². The fraction of sp³-hybridized carbons (Fsp3) is 0.929. The summed E-state index contributed by atoms with van der Waals surface area (Å²) in [7, 11) is 2.14. The van der Waals surface area contributed by atoms with E-state index < -0.39 is 5.54 Å². The van der Waals surface area contributed by atoms with E-state index in [-0.39, 0.29) is 5.91 Å². The van der Waals surface area contributed by atoms with Crippen molar-refractivity contribution in [3.05, 3.63) is 0 Å². The van der Waals surface area contributed by atoms with Gasteiger partial charge in [0.15, 0.2) is 0 Å². The minimum Gasteiger partial charge on any atom is -0.368 e. The lowest BCUT2D eigenvalue weighted by Gasteiger charge is -2.30. The summed E-state index contributed by atoms with van der Waals surface area (Å²) in [5, 5.41) is 3.40. The van der Waals surface area contributed by atoms with Crippen molar-refractivity contribution in [2.45, 2.75) is 51.1 Å². The third kappa shape index (κ3) is 3.69. The van der Waals surface area contributed by atoms with Crippen molar-refractivity contribution in [3.8, 4) is 0 Å². The van der Waals surface area contributed by atoms with Crippen LogP contribution in [0.2, 0.25) is 0 Å². The normalized spacial score (nSPS) is 30.2. The molecular weight excluding hydrogens is 226 g/mol. The van der Waals surface area contributed by atoms with Gasteiger partial charge in [-0.2, -0.15) is 0 Å². The molecule has 2 saturated carbocycles. The van der Waals surface area contributed by atoms with E-state index in [9.17, 15) is 4.79 Å². The Bertz CT molecular complexity index is 316. The van der Waals surface area contributed by atoms with Crippen LogP contribution in [0, 0.1) is 11.8 Å². The lowest BCUT2D eigenvalue weighted by atomic mass is 9.96. The maximum atomic E-state index is 11.6. The molecule has 0 aromatic rings. The minimum absolute atomic E-state index is 0.220. The van der Waals surface area contributed by atoms with E-state index in [1.54, 1.807) is 0 Å². The summed E-state index contributed by atoms with van der Waals surface area (Å²) in [6, 6.07) is 0.510. The molecule has 0 bridgehead atoms. The van der Waals surface area contributed by atoms with Crippen LogP contribution in [0.5, 0.6) is 0 Å². The molecule has 2 aliphatic carbocycles. The van der Waals surface area contributed by atoms with Crippen molar-refractivity contribution in [1.29, 1.82) is 0 Å². The molecule has 4 nitrogen and oxygen atoms in total. The summed E-state index contributed by atoms with van der Waals surface area (Å²) in [5.74, 6) is 1.54. The van der Waals surface area contributed by atoms with Crippen molar-refractivity contribution in [2.24, 2.45) is 17.6 Å². The zero-order valence-corrected chi connectivity index (χ0v) is 11.9. The van der Waals surface area contributed by atoms with Gasteiger partial charge in [0.2, 0.25) is 5.91 Å². The Hall–Kier alpha value is -0.610. The highest BCUT2D eigenvalue weighted by Crippen LogP contribution is 2.38. The van der Waals surface area contributed by atoms with E-state index in [0.717, 1.165) is 31.3 Å². The first-order chi connectivity index (χ1) is 8.40. The van der Waals surface area contributed by atoms with Gasteiger partial charge in [0.05, 0.1) is 5.54 Å². The zero-order chi connectivity index (χ0) is 13.3. The number of rotatable bonds is 8. The summed E-state index contributed by atoms with van der Waals surface area (Å²) in [6.07, 6.45) is 4.52. The van der Waals surface area contributed by atoms with Crippen LogP contribution in [0.3, 0.4) is 0 Å². The van der Waals surface area contributed by atoms with Crippen molar-refractivity contribution in [3.63, 3.8) is 0 Å². The van der Waals surface area contributed by atoms with Gasteiger partial charge in [0.1, 0.15) is 0 Å². The fourth-order valence-corrected chi connectivity index (χ4v) is 2.50. The van der Waals surface area contributed by atoms with E-state index in [1.165, 1.54) is 19.3 Å². The van der Waals surface area contributed by atoms with Gasteiger partial charge in [0.25, 0.3) is 0 Å². The topological polar surface area (TPSA) is 58.4 Å². The number of nitrogens with zero attached hydrogens (tertiary/aromatic N) is 1. The molecule has 0 spiro atoms. The van der Waals surface area contributed by atoms with Gasteiger partial charge in [-0.15, -0.1) is 0 Å². The van der Waals surface area contributed by atoms with E-state index in [0.29, 0.717) is 6.04 Å². The van der Waals surface area contributed by atoms with Crippen LogP contribution < -0.4 is 11.1 Å². The van der Waals surface area contributed by atoms with Gasteiger partial charge in [-0.25, -0.2) is 0 Å². The highest BCUT2D eigenvalue weighted by molar-refractivity contribution is 5.84. The first-order valence-corrected chi connectivity index (χ1v) is 7.17. The summed E-state index contributed by atoms with van der Waals surface area (Å²) in [5.41, 5.74) is 5.01. The summed E-state index contributed by atoms with van der Waals surface area (Å²) in [4.78, 5) is 14.0. The monoisotopic (exact) mass is 253 g/mol. The van der Waals surface area contributed by atoms with E-state index in [1.807, 2.05) is 6.92 Å². The summed E-state index contributed by atoms with van der Waals surface area (Å²) < 4.78 is 0. The molecule has 18 heavy (non-hydrogen) atoms. The van der Waals surface area contributed by atoms with Crippen molar-refractivity contribution in [2.75, 3.05) is 20.1 Å². The second kappa shape index (κ2) is 5.17. The van der Waals surface area contributed by atoms with Crippen LogP contribution in [0.15, 0.2) is 0 Å². The molecule has 1 amide bonds. The molecule has 104 valence electrons. The van der Waals surface area contributed by atoms with Crippen LogP contribution >= 0.6 is 0 Å². The minimum atomic E-state index is -0.537. The molecule has 0 aliphatic heterocycles. The predicted molar refractivity (Wildman–Crippen MR) is 73.1 cm³/mol. The van der Waals surface area contributed by atoms with Crippen molar-refractivity contribution < 1.29 is 4.79 Å². The number of hydrogen-bond donors (Lipinski definition) is 2.